The predicted octanol–water partition coefficient (Wildman–Crippen LogP) is 4.94. The van der Waals surface area contributed by atoms with E-state index >= 15 is 0 Å². The zero-order valence-electron chi connectivity index (χ0n) is 17.1. The smallest absolute Gasteiger partial charge is 0.208 e. The van der Waals surface area contributed by atoms with E-state index in [2.05, 4.69) is 9.82 Å². The van der Waals surface area contributed by atoms with E-state index in [1.165, 1.54) is 18.4 Å². The number of hydrogen-bond donors (Lipinski definition) is 1. The van der Waals surface area contributed by atoms with Crippen LogP contribution in [0.5, 0.6) is 0 Å². The Balaban J connectivity index is 1.65. The molecule has 4 aromatic rings. The second-order valence-corrected chi connectivity index (χ2v) is 10.4. The van der Waals surface area contributed by atoms with Gasteiger partial charge in [-0.15, -0.1) is 11.8 Å². The maximum absolute atomic E-state index is 13.2. The van der Waals surface area contributed by atoms with Gasteiger partial charge in [0.05, 0.1) is 28.9 Å². The summed E-state index contributed by atoms with van der Waals surface area (Å²) in [4.78, 5) is 1.00. The normalized spacial score (nSPS) is 13.9. The average Bonchev–Trinajstić information content (AvgIpc) is 3.15. The lowest BCUT2D eigenvalue weighted by atomic mass is 10.1. The van der Waals surface area contributed by atoms with E-state index in [4.69, 9.17) is 0 Å². The van der Waals surface area contributed by atoms with Crippen molar-refractivity contribution in [1.29, 1.82) is 0 Å². The van der Waals surface area contributed by atoms with Crippen LogP contribution in [0.4, 0.5) is 4.39 Å². The highest BCUT2D eigenvalue weighted by Gasteiger charge is 2.23. The van der Waals surface area contributed by atoms with Gasteiger partial charge in [-0.1, -0.05) is 30.3 Å². The predicted molar refractivity (Wildman–Crippen MR) is 124 cm³/mol. The third-order valence-electron chi connectivity index (χ3n) is 4.86. The Labute approximate surface area is 185 Å². The van der Waals surface area contributed by atoms with Gasteiger partial charge in [0.15, 0.2) is 0 Å². The molecule has 1 N–H and O–H groups in total. The molecule has 0 fully saturated rings. The largest absolute Gasteiger partial charge is 0.233 e. The quantitative estimate of drug-likeness (QED) is 0.401. The number of nitrogens with zero attached hydrogens (tertiary/aromatic N) is 2. The highest BCUT2D eigenvalue weighted by molar-refractivity contribution is 7.99. The second kappa shape index (κ2) is 8.82. The molecule has 2 atom stereocenters. The van der Waals surface area contributed by atoms with Crippen LogP contribution in [0.2, 0.25) is 0 Å². The summed E-state index contributed by atoms with van der Waals surface area (Å²) in [5, 5.41) is 5.29. The lowest BCUT2D eigenvalue weighted by molar-refractivity contribution is 0.563. The number of halogens is 1. The summed E-state index contributed by atoms with van der Waals surface area (Å²) in [5.74, 6) is -0.289. The first-order chi connectivity index (χ1) is 14.8. The first-order valence-corrected chi connectivity index (χ1v) is 12.5. The highest BCUT2D eigenvalue weighted by atomic mass is 32.2. The van der Waals surface area contributed by atoms with Crippen LogP contribution in [0.1, 0.15) is 17.7 Å². The molecule has 1 aromatic heterocycles. The van der Waals surface area contributed by atoms with Gasteiger partial charge in [0.2, 0.25) is 10.0 Å². The van der Waals surface area contributed by atoms with Crippen LogP contribution in [0.3, 0.4) is 0 Å². The fourth-order valence-corrected chi connectivity index (χ4v) is 5.62. The summed E-state index contributed by atoms with van der Waals surface area (Å²) in [5.41, 5.74) is 2.73. The van der Waals surface area contributed by atoms with Crippen molar-refractivity contribution in [3.63, 3.8) is 0 Å². The summed E-state index contributed by atoms with van der Waals surface area (Å²) in [6.45, 7) is 1.87. The van der Waals surface area contributed by atoms with Crippen molar-refractivity contribution in [3.8, 4) is 5.69 Å². The molecule has 5 nitrogen and oxygen atoms in total. The number of rotatable bonds is 7. The fourth-order valence-electron chi connectivity index (χ4n) is 3.52. The first-order valence-electron chi connectivity index (χ1n) is 9.73. The Morgan fingerprint density at radius 3 is 2.42 bits per heavy atom. The molecule has 0 bridgehead atoms. The zero-order valence-corrected chi connectivity index (χ0v) is 18.7. The number of thioether (sulfide) groups is 1. The van der Waals surface area contributed by atoms with Gasteiger partial charge in [0.1, 0.15) is 5.82 Å². The van der Waals surface area contributed by atoms with Gasteiger partial charge >= 0.3 is 0 Å². The van der Waals surface area contributed by atoms with Crippen LogP contribution < -0.4 is 4.72 Å². The number of hydrogen-bond acceptors (Lipinski definition) is 4. The molecule has 0 unspecified atom stereocenters. The molecule has 0 aliphatic heterocycles. The van der Waals surface area contributed by atoms with Crippen LogP contribution in [-0.4, -0.2) is 30.5 Å². The minimum absolute atomic E-state index is 0.111. The standard InChI is InChI=1S/C23H22FN3O2S2/c1-16(26-31(2,28)29)23(17-6-4-3-5-7-17)30-21-12-13-22-18(14-21)15-25-27(22)20-10-8-19(24)9-11-20/h3-16,23,26H,1-2H3/t16-,23-/m0/s1. The van der Waals surface area contributed by atoms with E-state index < -0.39 is 10.0 Å². The van der Waals surface area contributed by atoms with Gasteiger partial charge < -0.3 is 0 Å². The Hall–Kier alpha value is -2.68. The third kappa shape index (κ3) is 5.15. The van der Waals surface area contributed by atoms with Gasteiger partial charge in [-0.25, -0.2) is 22.2 Å². The number of aromatic nitrogens is 2. The monoisotopic (exact) mass is 455 g/mol. The van der Waals surface area contributed by atoms with Crippen molar-refractivity contribution in [2.75, 3.05) is 6.26 Å². The van der Waals surface area contributed by atoms with Crippen molar-refractivity contribution >= 4 is 32.7 Å². The molecule has 0 saturated carbocycles. The molecular weight excluding hydrogens is 433 g/mol. The molecule has 3 aromatic carbocycles. The molecule has 0 spiro atoms. The lowest BCUT2D eigenvalue weighted by Crippen LogP contribution is -2.35. The highest BCUT2D eigenvalue weighted by Crippen LogP contribution is 2.39. The van der Waals surface area contributed by atoms with E-state index in [-0.39, 0.29) is 17.1 Å². The maximum Gasteiger partial charge on any atom is 0.208 e. The summed E-state index contributed by atoms with van der Waals surface area (Å²) in [6, 6.07) is 21.8. The molecule has 0 radical (unpaired) electrons. The molecule has 0 aliphatic rings. The van der Waals surface area contributed by atoms with Crippen molar-refractivity contribution in [3.05, 3.63) is 90.4 Å². The maximum atomic E-state index is 13.2. The van der Waals surface area contributed by atoms with Gasteiger partial charge in [-0.05, 0) is 55.0 Å². The molecule has 0 saturated heterocycles. The van der Waals surface area contributed by atoms with Crippen LogP contribution in [0, 0.1) is 5.82 Å². The minimum atomic E-state index is -3.34. The van der Waals surface area contributed by atoms with E-state index in [0.29, 0.717) is 0 Å². The molecule has 31 heavy (non-hydrogen) atoms. The van der Waals surface area contributed by atoms with Gasteiger partial charge in [-0.2, -0.15) is 5.10 Å². The molecule has 0 amide bonds. The number of benzene rings is 3. The van der Waals surface area contributed by atoms with E-state index in [9.17, 15) is 12.8 Å². The Morgan fingerprint density at radius 2 is 1.74 bits per heavy atom. The summed E-state index contributed by atoms with van der Waals surface area (Å²) in [7, 11) is -3.34. The Kier molecular flexibility index (Phi) is 6.13. The van der Waals surface area contributed by atoms with Crippen molar-refractivity contribution < 1.29 is 12.8 Å². The fraction of sp³-hybridized carbons (Fsp3) is 0.174. The van der Waals surface area contributed by atoms with E-state index in [0.717, 1.165) is 27.0 Å². The van der Waals surface area contributed by atoms with Crippen LogP contribution in [0.25, 0.3) is 16.6 Å². The first kappa shape index (κ1) is 21.5. The number of fused-ring (bicyclic) bond motifs is 1. The van der Waals surface area contributed by atoms with Gasteiger partial charge in [0, 0.05) is 16.3 Å². The lowest BCUT2D eigenvalue weighted by Gasteiger charge is -2.24. The molecule has 1 heterocycles. The van der Waals surface area contributed by atoms with E-state index in [1.54, 1.807) is 34.8 Å². The minimum Gasteiger partial charge on any atom is -0.233 e. The van der Waals surface area contributed by atoms with E-state index in [1.807, 2.05) is 55.5 Å². The molecule has 8 heteroatoms. The molecular formula is C23H22FN3O2S2. The van der Waals surface area contributed by atoms with Crippen molar-refractivity contribution in [1.82, 2.24) is 14.5 Å². The number of sulfonamides is 1. The summed E-state index contributed by atoms with van der Waals surface area (Å²) < 4.78 is 41.3. The molecule has 160 valence electrons. The van der Waals surface area contributed by atoms with Crippen LogP contribution >= 0.6 is 11.8 Å². The molecule has 4 rings (SSSR count). The molecule has 0 aliphatic carbocycles. The van der Waals surface area contributed by atoms with Gasteiger partial charge in [-0.3, -0.25) is 0 Å². The SMILES string of the molecule is C[C@H](NS(C)(=O)=O)[C@H](Sc1ccc2c(cnn2-c2ccc(F)cc2)c1)c1ccccc1. The van der Waals surface area contributed by atoms with Crippen molar-refractivity contribution in [2.24, 2.45) is 0 Å². The summed E-state index contributed by atoms with van der Waals surface area (Å²) >= 11 is 1.60. The Bertz CT molecular complexity index is 1290. The second-order valence-electron chi connectivity index (χ2n) is 7.38. The Morgan fingerprint density at radius 1 is 1.03 bits per heavy atom. The topological polar surface area (TPSA) is 64.0 Å². The number of nitrogens with one attached hydrogen (secondary N) is 1. The van der Waals surface area contributed by atoms with Gasteiger partial charge in [0.25, 0.3) is 0 Å². The zero-order chi connectivity index (χ0) is 22.0. The van der Waals surface area contributed by atoms with Crippen LogP contribution in [-0.2, 0) is 10.0 Å². The third-order valence-corrected chi connectivity index (χ3v) is 7.12. The average molecular weight is 456 g/mol. The van der Waals surface area contributed by atoms with Crippen molar-refractivity contribution in [2.45, 2.75) is 23.1 Å². The van der Waals surface area contributed by atoms with Crippen LogP contribution in [0.15, 0.2) is 83.9 Å². The summed E-state index contributed by atoms with van der Waals surface area (Å²) in [6.07, 6.45) is 2.95.